The Morgan fingerprint density at radius 2 is 1.83 bits per heavy atom. The van der Waals surface area contributed by atoms with Crippen molar-refractivity contribution in [2.75, 3.05) is 6.54 Å². The molecule has 1 aliphatic carbocycles. The van der Waals surface area contributed by atoms with E-state index >= 15 is 0 Å². The largest absolute Gasteiger partial charge is 0.573 e. The molecule has 0 saturated carbocycles. The third-order valence-electron chi connectivity index (χ3n) is 7.94. The van der Waals surface area contributed by atoms with Gasteiger partial charge >= 0.3 is 12.4 Å². The summed E-state index contributed by atoms with van der Waals surface area (Å²) in [4.78, 5) is 36.7. The maximum Gasteiger partial charge on any atom is 0.573 e. The number of carbonyl (C=O) groups is 2. The first kappa shape index (κ1) is 34.9. The third kappa shape index (κ3) is 8.34. The Kier molecular flexibility index (Phi) is 10.2. The predicted molar refractivity (Wildman–Crippen MR) is 177 cm³/mol. The molecule has 1 saturated heterocycles. The zero-order valence-corrected chi connectivity index (χ0v) is 28.0. The molecule has 2 aromatic carbocycles. The van der Waals surface area contributed by atoms with Gasteiger partial charge in [-0.15, -0.1) is 18.3 Å². The highest BCUT2D eigenvalue weighted by Crippen LogP contribution is 2.41. The van der Waals surface area contributed by atoms with Crippen molar-refractivity contribution >= 4 is 28.9 Å². The summed E-state index contributed by atoms with van der Waals surface area (Å²) in [6, 6.07) is 12.2. The summed E-state index contributed by atoms with van der Waals surface area (Å²) in [5, 5.41) is 17.4. The van der Waals surface area contributed by atoms with Gasteiger partial charge in [0.2, 0.25) is 5.91 Å². The Morgan fingerprint density at radius 3 is 2.46 bits per heavy atom. The number of halogens is 3. The van der Waals surface area contributed by atoms with Crippen LogP contribution in [0.1, 0.15) is 46.6 Å². The standard InChI is InChI=1S/C34H37F3N6O4S/c1-20(2)26-15-6-21(3)18-27(26)43-30(44)28(33(4,5)46)48-32(43)40-31(45)38-17-16-22-7-9-23(10-8-22)29-39-19-42(41-29)24-11-13-25(14-12-24)47-34(35,36)37/h6-14,18-20,26,28,46H,15-17H2,1-5H3,(H,38,45). The van der Waals surface area contributed by atoms with E-state index in [0.29, 0.717) is 24.5 Å². The van der Waals surface area contributed by atoms with Gasteiger partial charge in [0.05, 0.1) is 11.3 Å². The van der Waals surface area contributed by atoms with Crippen molar-refractivity contribution in [3.05, 3.63) is 83.8 Å². The number of carbonyl (C=O) groups excluding carboxylic acids is 2. The molecule has 48 heavy (non-hydrogen) atoms. The lowest BCUT2D eigenvalue weighted by Gasteiger charge is -2.32. The second kappa shape index (κ2) is 14.0. The van der Waals surface area contributed by atoms with Crippen molar-refractivity contribution in [3.63, 3.8) is 0 Å². The fraction of sp³-hybridized carbons (Fsp3) is 0.382. The molecule has 2 atom stereocenters. The van der Waals surface area contributed by atoms with E-state index in [1.807, 2.05) is 37.3 Å². The fourth-order valence-corrected chi connectivity index (χ4v) is 6.58. The number of aliphatic imine (C=N–C) groups is 1. The van der Waals surface area contributed by atoms with Gasteiger partial charge in [0.25, 0.3) is 0 Å². The molecule has 1 aromatic heterocycles. The van der Waals surface area contributed by atoms with Gasteiger partial charge < -0.3 is 15.2 Å². The number of amidine groups is 1. The van der Waals surface area contributed by atoms with Gasteiger partial charge in [-0.05, 0) is 75.4 Å². The van der Waals surface area contributed by atoms with Crippen molar-refractivity contribution < 1.29 is 32.6 Å². The van der Waals surface area contributed by atoms with Crippen LogP contribution in [0.5, 0.6) is 5.75 Å². The van der Waals surface area contributed by atoms with Crippen LogP contribution in [-0.2, 0) is 11.2 Å². The van der Waals surface area contributed by atoms with Gasteiger partial charge in [0.1, 0.15) is 17.3 Å². The molecule has 0 bridgehead atoms. The number of amides is 3. The van der Waals surface area contributed by atoms with Crippen LogP contribution in [0, 0.1) is 11.8 Å². The monoisotopic (exact) mass is 682 g/mol. The number of thioether (sulfide) groups is 1. The molecule has 3 amide bonds. The molecular formula is C34H37F3N6O4S. The van der Waals surface area contributed by atoms with Gasteiger partial charge in [-0.3, -0.25) is 9.69 Å². The van der Waals surface area contributed by atoms with E-state index in [2.05, 4.69) is 45.1 Å². The fourth-order valence-electron chi connectivity index (χ4n) is 5.44. The van der Waals surface area contributed by atoms with Crippen LogP contribution in [0.4, 0.5) is 18.0 Å². The minimum atomic E-state index is -4.77. The number of nitrogens with zero attached hydrogens (tertiary/aromatic N) is 5. The summed E-state index contributed by atoms with van der Waals surface area (Å²) in [5.41, 5.74) is 2.68. The maximum absolute atomic E-state index is 13.6. The number of benzene rings is 2. The molecular weight excluding hydrogens is 645 g/mol. The molecule has 2 aliphatic rings. The minimum Gasteiger partial charge on any atom is -0.406 e. The number of nitrogens with one attached hydrogen (secondary N) is 1. The molecule has 5 rings (SSSR count). The molecule has 2 unspecified atom stereocenters. The quantitative estimate of drug-likeness (QED) is 0.259. The van der Waals surface area contributed by atoms with Crippen molar-refractivity contribution in [1.82, 2.24) is 25.0 Å². The summed E-state index contributed by atoms with van der Waals surface area (Å²) in [5.74, 6) is 0.113. The summed E-state index contributed by atoms with van der Waals surface area (Å²) >= 11 is 1.10. The minimum absolute atomic E-state index is 0.0623. The topological polar surface area (TPSA) is 122 Å². The molecule has 2 N–H and O–H groups in total. The molecule has 1 fully saturated rings. The number of aromatic nitrogens is 3. The first-order valence-electron chi connectivity index (χ1n) is 15.4. The van der Waals surface area contributed by atoms with Crippen molar-refractivity contribution in [1.29, 1.82) is 0 Å². The zero-order chi connectivity index (χ0) is 34.8. The molecule has 3 aromatic rings. The van der Waals surface area contributed by atoms with Crippen LogP contribution in [0.25, 0.3) is 17.1 Å². The molecule has 1 aliphatic heterocycles. The SMILES string of the molecule is CC1=CCC(C(C)C)C(N2C(=O)C(C(C)(C)O)SC2=NC(=O)NCCc2ccc(-c3ncn(-c4ccc(OC(F)(F)F)cc4)n3)cc2)=C1. The molecule has 10 nitrogen and oxygen atoms in total. The number of hydrogen-bond acceptors (Lipinski definition) is 7. The summed E-state index contributed by atoms with van der Waals surface area (Å²) in [7, 11) is 0. The number of hydrogen-bond donors (Lipinski definition) is 2. The molecule has 0 radical (unpaired) electrons. The van der Waals surface area contributed by atoms with Crippen LogP contribution < -0.4 is 10.1 Å². The molecule has 2 heterocycles. The van der Waals surface area contributed by atoms with Gasteiger partial charge in [-0.25, -0.2) is 14.5 Å². The second-order valence-electron chi connectivity index (χ2n) is 12.6. The number of alkyl halides is 3. The Balaban J connectivity index is 1.21. The second-order valence-corrected chi connectivity index (χ2v) is 13.6. The highest BCUT2D eigenvalue weighted by molar-refractivity contribution is 8.15. The van der Waals surface area contributed by atoms with Gasteiger partial charge in [-0.2, -0.15) is 4.99 Å². The van der Waals surface area contributed by atoms with E-state index in [4.69, 9.17) is 0 Å². The molecule has 14 heteroatoms. The van der Waals surface area contributed by atoms with Gasteiger partial charge in [0, 0.05) is 23.7 Å². The normalized spacial score (nSPS) is 19.5. The van der Waals surface area contributed by atoms with Crippen molar-refractivity contribution in [2.24, 2.45) is 16.8 Å². The van der Waals surface area contributed by atoms with Crippen LogP contribution in [0.15, 0.2) is 83.3 Å². The van der Waals surface area contributed by atoms with Crippen LogP contribution in [-0.4, -0.2) is 65.6 Å². The van der Waals surface area contributed by atoms with Crippen molar-refractivity contribution in [2.45, 2.75) is 64.7 Å². The first-order chi connectivity index (χ1) is 22.6. The van der Waals surface area contributed by atoms with E-state index in [1.165, 1.54) is 40.2 Å². The molecule has 254 valence electrons. The average molecular weight is 683 g/mol. The Bertz CT molecular complexity index is 1740. The Labute approximate surface area is 280 Å². The number of aliphatic hydroxyl groups is 1. The van der Waals surface area contributed by atoms with Gasteiger partial charge in [0.15, 0.2) is 11.0 Å². The summed E-state index contributed by atoms with van der Waals surface area (Å²) in [6.45, 7) is 9.61. The summed E-state index contributed by atoms with van der Waals surface area (Å²) in [6.07, 6.45) is 2.08. The number of rotatable bonds is 9. The van der Waals surface area contributed by atoms with E-state index in [9.17, 15) is 27.9 Å². The van der Waals surface area contributed by atoms with E-state index in [0.717, 1.165) is 40.6 Å². The third-order valence-corrected chi connectivity index (χ3v) is 9.44. The Hall–Kier alpha value is -4.43. The van der Waals surface area contributed by atoms with Crippen LogP contribution in [0.2, 0.25) is 0 Å². The average Bonchev–Trinajstić information content (AvgIpc) is 3.62. The number of urea groups is 1. The lowest BCUT2D eigenvalue weighted by Crippen LogP contribution is -2.43. The van der Waals surface area contributed by atoms with Crippen molar-refractivity contribution in [3.8, 4) is 22.8 Å². The number of allylic oxidation sites excluding steroid dienone is 4. The number of ether oxygens (including phenoxy) is 1. The maximum atomic E-state index is 13.6. The lowest BCUT2D eigenvalue weighted by atomic mass is 9.84. The highest BCUT2D eigenvalue weighted by atomic mass is 32.2. The highest BCUT2D eigenvalue weighted by Gasteiger charge is 2.48. The lowest BCUT2D eigenvalue weighted by molar-refractivity contribution is -0.274. The van der Waals surface area contributed by atoms with Crippen LogP contribution in [0.3, 0.4) is 0 Å². The Morgan fingerprint density at radius 1 is 1.15 bits per heavy atom. The van der Waals surface area contributed by atoms with E-state index in [1.54, 1.807) is 13.8 Å². The van der Waals surface area contributed by atoms with Crippen LogP contribution >= 0.6 is 11.8 Å². The first-order valence-corrected chi connectivity index (χ1v) is 16.3. The predicted octanol–water partition coefficient (Wildman–Crippen LogP) is 6.66. The summed E-state index contributed by atoms with van der Waals surface area (Å²) < 4.78 is 42.7. The van der Waals surface area contributed by atoms with Gasteiger partial charge in [-0.1, -0.05) is 61.5 Å². The molecule has 0 spiro atoms. The zero-order valence-electron chi connectivity index (χ0n) is 27.2. The van der Waals surface area contributed by atoms with E-state index < -0.39 is 23.2 Å². The van der Waals surface area contributed by atoms with E-state index in [-0.39, 0.29) is 28.7 Å². The smallest absolute Gasteiger partial charge is 0.406 e.